The number of furan rings is 1. The van der Waals surface area contributed by atoms with E-state index in [1.807, 2.05) is 47.4 Å². The van der Waals surface area contributed by atoms with Crippen molar-refractivity contribution < 1.29 is 14.0 Å². The highest BCUT2D eigenvalue weighted by Crippen LogP contribution is 2.31. The molecule has 2 aliphatic rings. The zero-order valence-corrected chi connectivity index (χ0v) is 23.1. The topological polar surface area (TPSA) is 95.4 Å². The number of carbonyl (C=O) groups is 2. The van der Waals surface area contributed by atoms with E-state index in [0.29, 0.717) is 23.8 Å². The number of benzene rings is 3. The van der Waals surface area contributed by atoms with Gasteiger partial charge in [0.25, 0.3) is 0 Å². The highest BCUT2D eigenvalue weighted by Gasteiger charge is 2.30. The van der Waals surface area contributed by atoms with Gasteiger partial charge in [0.15, 0.2) is 11.6 Å². The lowest BCUT2D eigenvalue weighted by Gasteiger charge is -2.40. The summed E-state index contributed by atoms with van der Waals surface area (Å²) in [6.45, 7) is 5.58. The van der Waals surface area contributed by atoms with Crippen LogP contribution in [0.2, 0.25) is 0 Å². The first-order chi connectivity index (χ1) is 20.0. The van der Waals surface area contributed by atoms with Crippen LogP contribution in [0.25, 0.3) is 11.0 Å². The zero-order valence-electron chi connectivity index (χ0n) is 23.1. The Balaban J connectivity index is 1.06. The molecular formula is C33H35N5O3. The van der Waals surface area contributed by atoms with Crippen LogP contribution in [-0.4, -0.2) is 61.8 Å². The predicted octanol–water partition coefficient (Wildman–Crippen LogP) is 4.47. The Morgan fingerprint density at radius 1 is 0.878 bits per heavy atom. The number of aliphatic imine (C=N–C) groups is 1. The van der Waals surface area contributed by atoms with E-state index in [2.05, 4.69) is 51.2 Å². The molecule has 4 aromatic rings. The molecule has 0 spiro atoms. The lowest BCUT2D eigenvalue weighted by molar-refractivity contribution is -0.123. The number of hydrogen-bond donors (Lipinski definition) is 1. The van der Waals surface area contributed by atoms with Crippen molar-refractivity contribution >= 4 is 40.0 Å². The fraction of sp³-hybridized carbons (Fsp3) is 0.303. The fourth-order valence-corrected chi connectivity index (χ4v) is 5.93. The minimum atomic E-state index is -0.436. The Labute approximate surface area is 240 Å². The van der Waals surface area contributed by atoms with E-state index in [9.17, 15) is 9.59 Å². The van der Waals surface area contributed by atoms with Gasteiger partial charge in [-0.15, -0.1) is 0 Å². The largest absolute Gasteiger partial charge is 0.453 e. The highest BCUT2D eigenvalue weighted by molar-refractivity contribution is 6.05. The van der Waals surface area contributed by atoms with Crippen LogP contribution in [0.5, 0.6) is 0 Å². The molecule has 2 aliphatic heterocycles. The second-order valence-corrected chi connectivity index (χ2v) is 10.9. The van der Waals surface area contributed by atoms with E-state index < -0.39 is 5.91 Å². The second-order valence-electron chi connectivity index (χ2n) is 10.9. The van der Waals surface area contributed by atoms with Crippen molar-refractivity contribution in [3.05, 3.63) is 96.3 Å². The molecule has 1 saturated heterocycles. The van der Waals surface area contributed by atoms with Gasteiger partial charge in [-0.3, -0.25) is 14.5 Å². The standard InChI is InChI=1S/C33H35N5O3/c34-33(30-21-26-9-5-7-13-29(26)41-30)35-31(39)14-15-32(40)38-23-24(20-25-8-4-6-12-28(25)38)22-36-16-18-37(19-17-36)27-10-2-1-3-11-27/h1-13,21,24H,14-20,22-23H2,(H2,34,35,39). The summed E-state index contributed by atoms with van der Waals surface area (Å²) in [5.74, 6) is 0.198. The molecule has 0 saturated carbocycles. The number of amidine groups is 1. The van der Waals surface area contributed by atoms with Gasteiger partial charge in [-0.25, -0.2) is 0 Å². The van der Waals surface area contributed by atoms with Gasteiger partial charge in [0.2, 0.25) is 11.8 Å². The number of anilines is 2. The summed E-state index contributed by atoms with van der Waals surface area (Å²) in [6.07, 6.45) is 1.01. The van der Waals surface area contributed by atoms with Crippen molar-refractivity contribution in [2.24, 2.45) is 16.6 Å². The first-order valence-electron chi connectivity index (χ1n) is 14.3. The van der Waals surface area contributed by atoms with Crippen molar-refractivity contribution in [1.82, 2.24) is 4.90 Å². The zero-order chi connectivity index (χ0) is 28.2. The van der Waals surface area contributed by atoms with Crippen LogP contribution in [0.1, 0.15) is 24.2 Å². The molecule has 0 bridgehead atoms. The molecule has 1 unspecified atom stereocenters. The summed E-state index contributed by atoms with van der Waals surface area (Å²) in [5, 5.41) is 0.889. The smallest absolute Gasteiger partial charge is 0.248 e. The van der Waals surface area contributed by atoms with Gasteiger partial charge >= 0.3 is 0 Å². The Morgan fingerprint density at radius 2 is 1.61 bits per heavy atom. The lowest BCUT2D eigenvalue weighted by Crippen LogP contribution is -2.50. The molecular weight excluding hydrogens is 514 g/mol. The van der Waals surface area contributed by atoms with Crippen molar-refractivity contribution in [2.45, 2.75) is 19.3 Å². The molecule has 1 fully saturated rings. The van der Waals surface area contributed by atoms with E-state index >= 15 is 0 Å². The van der Waals surface area contributed by atoms with Crippen LogP contribution < -0.4 is 15.5 Å². The Kier molecular flexibility index (Phi) is 7.82. The third-order valence-corrected chi connectivity index (χ3v) is 8.02. The molecule has 1 aromatic heterocycles. The maximum Gasteiger partial charge on any atom is 0.248 e. The van der Waals surface area contributed by atoms with Crippen LogP contribution in [0.15, 0.2) is 94.3 Å². The molecule has 6 rings (SSSR count). The van der Waals surface area contributed by atoms with Gasteiger partial charge < -0.3 is 20.0 Å². The number of nitrogens with two attached hydrogens (primary N) is 1. The third kappa shape index (κ3) is 6.18. The number of piperazine rings is 1. The first-order valence-corrected chi connectivity index (χ1v) is 14.3. The molecule has 41 heavy (non-hydrogen) atoms. The SMILES string of the molecule is NC(=NC(=O)CCC(=O)N1CC(CN2CCN(c3ccccc3)CC2)Cc2ccccc21)c1cc2ccccc2o1. The summed E-state index contributed by atoms with van der Waals surface area (Å²) >= 11 is 0. The number of hydrogen-bond acceptors (Lipinski definition) is 5. The van der Waals surface area contributed by atoms with Gasteiger partial charge in [-0.1, -0.05) is 54.6 Å². The normalized spacial score (nSPS) is 18.0. The van der Waals surface area contributed by atoms with E-state index in [1.54, 1.807) is 6.07 Å². The summed E-state index contributed by atoms with van der Waals surface area (Å²) in [7, 11) is 0. The van der Waals surface area contributed by atoms with Gasteiger partial charge in [0.1, 0.15) is 5.58 Å². The summed E-state index contributed by atoms with van der Waals surface area (Å²) in [5.41, 5.74) is 10.1. The van der Waals surface area contributed by atoms with E-state index in [1.165, 1.54) is 11.3 Å². The number of nitrogens with zero attached hydrogens (tertiary/aromatic N) is 4. The van der Waals surface area contributed by atoms with Gasteiger partial charge in [0.05, 0.1) is 0 Å². The second kappa shape index (κ2) is 12.0. The maximum absolute atomic E-state index is 13.4. The Bertz CT molecular complexity index is 1520. The molecule has 2 N–H and O–H groups in total. The number of fused-ring (bicyclic) bond motifs is 2. The molecule has 210 valence electrons. The molecule has 3 aromatic carbocycles. The molecule has 3 heterocycles. The molecule has 0 aliphatic carbocycles. The average Bonchev–Trinajstić information content (AvgIpc) is 3.45. The van der Waals surface area contributed by atoms with Crippen LogP contribution >= 0.6 is 0 Å². The van der Waals surface area contributed by atoms with E-state index in [4.69, 9.17) is 10.2 Å². The van der Waals surface area contributed by atoms with E-state index in [0.717, 1.165) is 50.2 Å². The minimum Gasteiger partial charge on any atom is -0.453 e. The van der Waals surface area contributed by atoms with Crippen LogP contribution in [-0.2, 0) is 16.0 Å². The highest BCUT2D eigenvalue weighted by atomic mass is 16.3. The molecule has 8 heteroatoms. The van der Waals surface area contributed by atoms with E-state index in [-0.39, 0.29) is 24.6 Å². The number of para-hydroxylation sites is 3. The first kappa shape index (κ1) is 26.8. The number of amides is 2. The van der Waals surface area contributed by atoms with Gasteiger partial charge in [-0.2, -0.15) is 4.99 Å². The minimum absolute atomic E-state index is 0.00938. The average molecular weight is 550 g/mol. The van der Waals surface area contributed by atoms with Crippen molar-refractivity contribution in [1.29, 1.82) is 0 Å². The molecule has 2 amide bonds. The molecule has 0 radical (unpaired) electrons. The fourth-order valence-electron chi connectivity index (χ4n) is 5.93. The summed E-state index contributed by atoms with van der Waals surface area (Å²) < 4.78 is 5.70. The quantitative estimate of drug-likeness (QED) is 0.270. The number of rotatable bonds is 7. The van der Waals surface area contributed by atoms with Gasteiger partial charge in [-0.05, 0) is 48.2 Å². The van der Waals surface area contributed by atoms with Crippen molar-refractivity contribution in [3.63, 3.8) is 0 Å². The maximum atomic E-state index is 13.4. The van der Waals surface area contributed by atoms with Crippen LogP contribution in [0, 0.1) is 5.92 Å². The van der Waals surface area contributed by atoms with Crippen LogP contribution in [0.4, 0.5) is 11.4 Å². The van der Waals surface area contributed by atoms with Crippen molar-refractivity contribution in [2.75, 3.05) is 49.1 Å². The summed E-state index contributed by atoms with van der Waals surface area (Å²) in [4.78, 5) is 36.9. The predicted molar refractivity (Wildman–Crippen MR) is 162 cm³/mol. The lowest BCUT2D eigenvalue weighted by atomic mass is 9.91. The number of carbonyl (C=O) groups excluding carboxylic acids is 2. The van der Waals surface area contributed by atoms with Gasteiger partial charge in [0, 0.05) is 68.9 Å². The Morgan fingerprint density at radius 3 is 2.41 bits per heavy atom. The molecule has 8 nitrogen and oxygen atoms in total. The third-order valence-electron chi connectivity index (χ3n) is 8.02. The monoisotopic (exact) mass is 549 g/mol. The van der Waals surface area contributed by atoms with Crippen molar-refractivity contribution in [3.8, 4) is 0 Å². The summed E-state index contributed by atoms with van der Waals surface area (Å²) in [6, 6.07) is 27.9. The van der Waals surface area contributed by atoms with Crippen LogP contribution in [0.3, 0.4) is 0 Å². The molecule has 1 atom stereocenters. The Hall–Kier alpha value is -4.43.